The van der Waals surface area contributed by atoms with Crippen LogP contribution in [0.2, 0.25) is 10.0 Å². The Hall–Kier alpha value is -2.28. The summed E-state index contributed by atoms with van der Waals surface area (Å²) in [6.07, 6.45) is 3.94. The largest absolute Gasteiger partial charge is 0.482 e. The summed E-state index contributed by atoms with van der Waals surface area (Å²) in [4.78, 5) is 21.0. The number of hydrogen-bond donors (Lipinski definition) is 0. The fourth-order valence-corrected chi connectivity index (χ4v) is 3.77. The van der Waals surface area contributed by atoms with Gasteiger partial charge in [0, 0.05) is 43.9 Å². The Morgan fingerprint density at radius 2 is 1.93 bits per heavy atom. The van der Waals surface area contributed by atoms with Gasteiger partial charge in [0.2, 0.25) is 0 Å². The average molecular weight is 419 g/mol. The van der Waals surface area contributed by atoms with E-state index in [4.69, 9.17) is 27.9 Å². The van der Waals surface area contributed by atoms with Crippen LogP contribution in [0.3, 0.4) is 0 Å². The smallest absolute Gasteiger partial charge is 0.260 e. The first kappa shape index (κ1) is 19.1. The first-order valence-corrected chi connectivity index (χ1v) is 9.85. The van der Waals surface area contributed by atoms with Gasteiger partial charge in [0.1, 0.15) is 11.4 Å². The highest BCUT2D eigenvalue weighted by Crippen LogP contribution is 2.27. The number of carbonyl (C=O) groups excluding carboxylic acids is 1. The van der Waals surface area contributed by atoms with Gasteiger partial charge in [0.05, 0.1) is 16.9 Å². The third-order valence-corrected chi connectivity index (χ3v) is 5.38. The second-order valence-electron chi connectivity index (χ2n) is 6.70. The maximum absolute atomic E-state index is 12.4. The number of fused-ring (bicyclic) bond motifs is 1. The molecule has 8 heteroatoms. The Labute approximate surface area is 173 Å². The maximum Gasteiger partial charge on any atom is 0.260 e. The van der Waals surface area contributed by atoms with E-state index < -0.39 is 0 Å². The molecule has 0 spiro atoms. The molecule has 6 nitrogen and oxygen atoms in total. The van der Waals surface area contributed by atoms with Crippen molar-refractivity contribution in [2.24, 2.45) is 0 Å². The molecule has 1 fully saturated rings. The van der Waals surface area contributed by atoms with Gasteiger partial charge >= 0.3 is 0 Å². The topological polar surface area (TPSA) is 50.1 Å². The van der Waals surface area contributed by atoms with Crippen LogP contribution in [0.4, 0.5) is 0 Å². The lowest BCUT2D eigenvalue weighted by Crippen LogP contribution is -2.49. The molecule has 3 heterocycles. The number of benzene rings is 1. The van der Waals surface area contributed by atoms with Crippen LogP contribution in [-0.4, -0.2) is 57.9 Å². The summed E-state index contributed by atoms with van der Waals surface area (Å²) in [7, 11) is 0. The van der Waals surface area contributed by atoms with Crippen LogP contribution >= 0.6 is 23.2 Å². The van der Waals surface area contributed by atoms with Crippen LogP contribution in [0.25, 0.3) is 5.65 Å². The Morgan fingerprint density at radius 1 is 1.11 bits per heavy atom. The highest BCUT2D eigenvalue weighted by molar-refractivity contribution is 6.35. The SMILES string of the molecule is O=C(COc1ccc(Cl)cc1Cl)N1CCN(Cc2cnc3ccccn23)CC1. The van der Waals surface area contributed by atoms with Gasteiger partial charge in [0.15, 0.2) is 6.61 Å². The number of carbonyl (C=O) groups is 1. The van der Waals surface area contributed by atoms with Crippen LogP contribution < -0.4 is 4.74 Å². The van der Waals surface area contributed by atoms with Crippen molar-refractivity contribution < 1.29 is 9.53 Å². The van der Waals surface area contributed by atoms with Crippen LogP contribution in [0, 0.1) is 0 Å². The van der Waals surface area contributed by atoms with Crippen LogP contribution in [0.1, 0.15) is 5.69 Å². The zero-order chi connectivity index (χ0) is 19.5. The first-order valence-electron chi connectivity index (χ1n) is 9.09. The number of aromatic nitrogens is 2. The quantitative estimate of drug-likeness (QED) is 0.637. The van der Waals surface area contributed by atoms with Crippen molar-refractivity contribution in [3.63, 3.8) is 0 Å². The zero-order valence-corrected chi connectivity index (χ0v) is 16.7. The second-order valence-corrected chi connectivity index (χ2v) is 7.54. The maximum atomic E-state index is 12.4. The van der Waals surface area contributed by atoms with E-state index in [1.165, 1.54) is 0 Å². The fraction of sp³-hybridized carbons (Fsp3) is 0.300. The van der Waals surface area contributed by atoms with Crippen LogP contribution in [0.15, 0.2) is 48.8 Å². The molecule has 1 aliphatic rings. The molecule has 2 aromatic heterocycles. The van der Waals surface area contributed by atoms with Crippen LogP contribution in [-0.2, 0) is 11.3 Å². The van der Waals surface area contributed by atoms with Crippen molar-refractivity contribution in [2.75, 3.05) is 32.8 Å². The van der Waals surface area contributed by atoms with Gasteiger partial charge in [-0.05, 0) is 30.3 Å². The molecule has 1 amide bonds. The van der Waals surface area contributed by atoms with Gasteiger partial charge in [0.25, 0.3) is 5.91 Å². The summed E-state index contributed by atoms with van der Waals surface area (Å²) in [5, 5.41) is 0.934. The molecule has 0 unspecified atom stereocenters. The Balaban J connectivity index is 1.28. The molecule has 0 aliphatic carbocycles. The molecule has 0 atom stereocenters. The minimum Gasteiger partial charge on any atom is -0.482 e. The molecule has 146 valence electrons. The van der Waals surface area contributed by atoms with Crippen molar-refractivity contribution >= 4 is 34.8 Å². The molecule has 28 heavy (non-hydrogen) atoms. The summed E-state index contributed by atoms with van der Waals surface area (Å²) in [6.45, 7) is 3.75. The van der Waals surface area contributed by atoms with Crippen LogP contribution in [0.5, 0.6) is 5.75 Å². The fourth-order valence-electron chi connectivity index (χ4n) is 3.31. The highest BCUT2D eigenvalue weighted by atomic mass is 35.5. The lowest BCUT2D eigenvalue weighted by atomic mass is 10.3. The molecule has 0 radical (unpaired) electrons. The zero-order valence-electron chi connectivity index (χ0n) is 15.2. The average Bonchev–Trinajstić information content (AvgIpc) is 3.11. The molecular formula is C20H20Cl2N4O2. The molecule has 0 bridgehead atoms. The van der Waals surface area contributed by atoms with E-state index in [2.05, 4.69) is 14.3 Å². The van der Waals surface area contributed by atoms with E-state index in [-0.39, 0.29) is 12.5 Å². The van der Waals surface area contributed by atoms with Crippen molar-refractivity contribution in [1.82, 2.24) is 19.2 Å². The van der Waals surface area contributed by atoms with Gasteiger partial charge < -0.3 is 14.0 Å². The van der Waals surface area contributed by atoms with E-state index in [0.29, 0.717) is 28.9 Å². The highest BCUT2D eigenvalue weighted by Gasteiger charge is 2.22. The molecule has 4 rings (SSSR count). The standard InChI is InChI=1S/C20H20Cl2N4O2/c21-15-4-5-18(17(22)11-15)28-14-20(27)25-9-7-24(8-10-25)13-16-12-23-19-3-1-2-6-26(16)19/h1-6,11-12H,7-10,13-14H2. The third-order valence-electron chi connectivity index (χ3n) is 4.85. The molecule has 1 aromatic carbocycles. The number of imidazole rings is 1. The van der Waals surface area contributed by atoms with E-state index >= 15 is 0 Å². The number of pyridine rings is 1. The van der Waals surface area contributed by atoms with Crippen molar-refractivity contribution in [3.05, 3.63) is 64.5 Å². The third kappa shape index (κ3) is 4.24. The molecule has 1 saturated heterocycles. The lowest BCUT2D eigenvalue weighted by Gasteiger charge is -2.34. The van der Waals surface area contributed by atoms with Gasteiger partial charge in [-0.25, -0.2) is 4.98 Å². The first-order chi connectivity index (χ1) is 13.6. The molecule has 0 N–H and O–H groups in total. The predicted octanol–water partition coefficient (Wildman–Crippen LogP) is 3.36. The van der Waals surface area contributed by atoms with Gasteiger partial charge in [-0.15, -0.1) is 0 Å². The van der Waals surface area contributed by atoms with E-state index in [9.17, 15) is 4.79 Å². The summed E-state index contributed by atoms with van der Waals surface area (Å²) in [6, 6.07) is 10.9. The number of hydrogen-bond acceptors (Lipinski definition) is 4. The summed E-state index contributed by atoms with van der Waals surface area (Å²) >= 11 is 12.0. The molecular weight excluding hydrogens is 399 g/mol. The summed E-state index contributed by atoms with van der Waals surface area (Å²) in [5.41, 5.74) is 2.10. The van der Waals surface area contributed by atoms with E-state index in [0.717, 1.165) is 31.0 Å². The number of halogens is 2. The van der Waals surface area contributed by atoms with Gasteiger partial charge in [-0.3, -0.25) is 9.69 Å². The number of nitrogens with zero attached hydrogens (tertiary/aromatic N) is 4. The number of amides is 1. The van der Waals surface area contributed by atoms with Gasteiger partial charge in [-0.2, -0.15) is 0 Å². The van der Waals surface area contributed by atoms with Crippen molar-refractivity contribution in [2.45, 2.75) is 6.54 Å². The lowest BCUT2D eigenvalue weighted by molar-refractivity contribution is -0.135. The molecule has 3 aromatic rings. The molecule has 0 saturated carbocycles. The minimum absolute atomic E-state index is 0.0331. The van der Waals surface area contributed by atoms with Crippen molar-refractivity contribution in [3.8, 4) is 5.75 Å². The van der Waals surface area contributed by atoms with E-state index in [1.807, 2.05) is 35.5 Å². The normalized spacial score (nSPS) is 15.1. The number of piperazine rings is 1. The van der Waals surface area contributed by atoms with Gasteiger partial charge in [-0.1, -0.05) is 29.3 Å². The summed E-state index contributed by atoms with van der Waals surface area (Å²) in [5.74, 6) is 0.422. The van der Waals surface area contributed by atoms with Crippen molar-refractivity contribution in [1.29, 1.82) is 0 Å². The number of rotatable bonds is 5. The second kappa shape index (κ2) is 8.39. The van der Waals surface area contributed by atoms with E-state index in [1.54, 1.807) is 18.2 Å². The Kier molecular flexibility index (Phi) is 5.71. The minimum atomic E-state index is -0.0412. The Morgan fingerprint density at radius 3 is 2.71 bits per heavy atom. The summed E-state index contributed by atoms with van der Waals surface area (Å²) < 4.78 is 7.66. The predicted molar refractivity (Wildman–Crippen MR) is 109 cm³/mol. The number of ether oxygens (including phenoxy) is 1. The monoisotopic (exact) mass is 418 g/mol. The molecule has 1 aliphatic heterocycles. The Bertz CT molecular complexity index is 983.